The number of nitrogens with zero attached hydrogens (tertiary/aromatic N) is 2. The minimum Gasteiger partial charge on any atom is -0.370 e. The normalized spacial score (nSPS) is 19.5. The van der Waals surface area contributed by atoms with Gasteiger partial charge in [0.15, 0.2) is 0 Å². The second-order valence-electron chi connectivity index (χ2n) is 5.92. The average Bonchev–Trinajstić information content (AvgIpc) is 2.68. The lowest BCUT2D eigenvalue weighted by Gasteiger charge is -2.28. The van der Waals surface area contributed by atoms with E-state index in [2.05, 4.69) is 43.8 Å². The van der Waals surface area contributed by atoms with Gasteiger partial charge in [-0.25, -0.2) is 4.68 Å². The van der Waals surface area contributed by atoms with E-state index in [9.17, 15) is 0 Å². The third-order valence-corrected chi connectivity index (χ3v) is 3.59. The first-order valence-electron chi connectivity index (χ1n) is 6.90. The zero-order chi connectivity index (χ0) is 12.4. The summed E-state index contributed by atoms with van der Waals surface area (Å²) in [4.78, 5) is 0. The molecule has 2 rings (SSSR count). The predicted molar refractivity (Wildman–Crippen MR) is 72.4 cm³/mol. The van der Waals surface area contributed by atoms with E-state index in [0.29, 0.717) is 12.0 Å². The molecule has 0 spiro atoms. The van der Waals surface area contributed by atoms with Gasteiger partial charge in [-0.2, -0.15) is 5.10 Å². The molecule has 1 unspecified atom stereocenters. The third-order valence-electron chi connectivity index (χ3n) is 3.59. The highest BCUT2D eigenvalue weighted by Gasteiger charge is 2.23. The highest BCUT2D eigenvalue weighted by atomic mass is 15.4. The molecule has 0 saturated heterocycles. The van der Waals surface area contributed by atoms with Gasteiger partial charge in [-0.15, -0.1) is 0 Å². The fourth-order valence-corrected chi connectivity index (χ4v) is 2.47. The van der Waals surface area contributed by atoms with Crippen molar-refractivity contribution in [2.75, 3.05) is 11.9 Å². The molecular weight excluding hydrogens is 210 g/mol. The first kappa shape index (κ1) is 12.5. The number of aryl methyl sites for hydroxylation is 1. The maximum absolute atomic E-state index is 4.78. The number of aromatic nitrogens is 2. The molecule has 0 aliphatic carbocycles. The molecule has 0 amide bonds. The lowest BCUT2D eigenvalue weighted by Crippen LogP contribution is -2.26. The van der Waals surface area contributed by atoms with Crippen molar-refractivity contribution >= 4 is 5.82 Å². The number of hydrogen-bond acceptors (Lipinski definition) is 2. The zero-order valence-corrected chi connectivity index (χ0v) is 11.5. The summed E-state index contributed by atoms with van der Waals surface area (Å²) in [6.45, 7) is 10.2. The van der Waals surface area contributed by atoms with Crippen LogP contribution in [-0.4, -0.2) is 16.3 Å². The molecule has 1 aromatic heterocycles. The zero-order valence-electron chi connectivity index (χ0n) is 11.5. The Morgan fingerprint density at radius 2 is 2.18 bits per heavy atom. The van der Waals surface area contributed by atoms with E-state index < -0.39 is 0 Å². The minimum absolute atomic E-state index is 0.569. The number of nitrogens with one attached hydrogen (secondary N) is 1. The SMILES string of the molecule is CC(C)CCc1cc2n(n1)C(C(C)C)CCN2. The number of hydrogen-bond donors (Lipinski definition) is 1. The van der Waals surface area contributed by atoms with E-state index in [1.54, 1.807) is 0 Å². The Morgan fingerprint density at radius 3 is 2.82 bits per heavy atom. The Balaban J connectivity index is 2.13. The molecule has 3 nitrogen and oxygen atoms in total. The first-order valence-corrected chi connectivity index (χ1v) is 6.90. The molecule has 0 radical (unpaired) electrons. The summed E-state index contributed by atoms with van der Waals surface area (Å²) in [6.07, 6.45) is 3.52. The fraction of sp³-hybridized carbons (Fsp3) is 0.786. The van der Waals surface area contributed by atoms with Crippen LogP contribution in [0.1, 0.15) is 52.3 Å². The van der Waals surface area contributed by atoms with Crippen molar-refractivity contribution in [1.29, 1.82) is 0 Å². The summed E-state index contributed by atoms with van der Waals surface area (Å²) in [7, 11) is 0. The molecule has 17 heavy (non-hydrogen) atoms. The molecule has 2 heterocycles. The molecule has 1 N–H and O–H groups in total. The molecule has 1 aliphatic rings. The molecule has 0 aromatic carbocycles. The van der Waals surface area contributed by atoms with Gasteiger partial charge < -0.3 is 5.32 Å². The highest BCUT2D eigenvalue weighted by Crippen LogP contribution is 2.30. The van der Waals surface area contributed by atoms with E-state index in [-0.39, 0.29) is 0 Å². The number of fused-ring (bicyclic) bond motifs is 1. The van der Waals surface area contributed by atoms with Gasteiger partial charge in [0.1, 0.15) is 5.82 Å². The second kappa shape index (κ2) is 5.11. The van der Waals surface area contributed by atoms with Crippen LogP contribution in [0.15, 0.2) is 6.07 Å². The Labute approximate surface area is 105 Å². The van der Waals surface area contributed by atoms with E-state index in [4.69, 9.17) is 5.10 Å². The van der Waals surface area contributed by atoms with Crippen molar-refractivity contribution in [2.24, 2.45) is 11.8 Å². The third kappa shape index (κ3) is 2.82. The molecule has 0 bridgehead atoms. The van der Waals surface area contributed by atoms with Crippen molar-refractivity contribution in [3.05, 3.63) is 11.8 Å². The topological polar surface area (TPSA) is 29.9 Å². The van der Waals surface area contributed by atoms with Crippen LogP contribution >= 0.6 is 0 Å². The average molecular weight is 235 g/mol. The van der Waals surface area contributed by atoms with Crippen LogP contribution in [0.4, 0.5) is 5.82 Å². The summed E-state index contributed by atoms with van der Waals surface area (Å²) in [5.74, 6) is 2.63. The summed E-state index contributed by atoms with van der Waals surface area (Å²) in [6, 6.07) is 2.80. The van der Waals surface area contributed by atoms with Crippen LogP contribution in [0.2, 0.25) is 0 Å². The smallest absolute Gasteiger partial charge is 0.124 e. The van der Waals surface area contributed by atoms with Gasteiger partial charge in [0.05, 0.1) is 11.7 Å². The standard InChI is InChI=1S/C14H25N3/c1-10(2)5-6-12-9-14-15-8-7-13(11(3)4)17(14)16-12/h9-11,13,15H,5-8H2,1-4H3. The molecule has 1 aliphatic heterocycles. The van der Waals surface area contributed by atoms with Gasteiger partial charge in [0.2, 0.25) is 0 Å². The lowest BCUT2D eigenvalue weighted by atomic mass is 10.00. The minimum atomic E-state index is 0.569. The second-order valence-corrected chi connectivity index (χ2v) is 5.92. The Hall–Kier alpha value is -0.990. The maximum atomic E-state index is 4.78. The summed E-state index contributed by atoms with van der Waals surface area (Å²) in [5, 5.41) is 8.24. The molecular formula is C14H25N3. The molecule has 3 heteroatoms. The van der Waals surface area contributed by atoms with E-state index in [0.717, 1.165) is 18.9 Å². The van der Waals surface area contributed by atoms with Gasteiger partial charge in [0.25, 0.3) is 0 Å². The van der Waals surface area contributed by atoms with Gasteiger partial charge >= 0.3 is 0 Å². The van der Waals surface area contributed by atoms with Crippen LogP contribution in [0.5, 0.6) is 0 Å². The van der Waals surface area contributed by atoms with Crippen molar-refractivity contribution < 1.29 is 0 Å². The Morgan fingerprint density at radius 1 is 1.41 bits per heavy atom. The van der Waals surface area contributed by atoms with Crippen molar-refractivity contribution in [1.82, 2.24) is 9.78 Å². The van der Waals surface area contributed by atoms with Crippen molar-refractivity contribution in [3.8, 4) is 0 Å². The predicted octanol–water partition coefficient (Wildman–Crippen LogP) is 3.48. The number of anilines is 1. The quantitative estimate of drug-likeness (QED) is 0.866. The summed E-state index contributed by atoms with van der Waals surface area (Å²) < 4.78 is 2.21. The molecule has 1 atom stereocenters. The highest BCUT2D eigenvalue weighted by molar-refractivity contribution is 5.39. The van der Waals surface area contributed by atoms with Crippen LogP contribution in [0.3, 0.4) is 0 Å². The van der Waals surface area contributed by atoms with E-state index in [1.165, 1.54) is 24.4 Å². The van der Waals surface area contributed by atoms with Gasteiger partial charge in [0, 0.05) is 12.6 Å². The van der Waals surface area contributed by atoms with Crippen LogP contribution in [-0.2, 0) is 6.42 Å². The van der Waals surface area contributed by atoms with E-state index in [1.807, 2.05) is 0 Å². The Kier molecular flexibility index (Phi) is 3.75. The molecule has 96 valence electrons. The van der Waals surface area contributed by atoms with Crippen molar-refractivity contribution in [3.63, 3.8) is 0 Å². The Bertz CT molecular complexity index is 366. The van der Waals surface area contributed by atoms with Gasteiger partial charge in [-0.3, -0.25) is 0 Å². The van der Waals surface area contributed by atoms with Crippen LogP contribution in [0.25, 0.3) is 0 Å². The largest absolute Gasteiger partial charge is 0.370 e. The fourth-order valence-electron chi connectivity index (χ4n) is 2.47. The summed E-state index contributed by atoms with van der Waals surface area (Å²) >= 11 is 0. The summed E-state index contributed by atoms with van der Waals surface area (Å²) in [5.41, 5.74) is 1.24. The molecule has 1 aromatic rings. The molecule has 0 saturated carbocycles. The van der Waals surface area contributed by atoms with Gasteiger partial charge in [-0.1, -0.05) is 27.7 Å². The number of rotatable bonds is 4. The monoisotopic (exact) mass is 235 g/mol. The first-order chi connectivity index (χ1) is 8.08. The lowest BCUT2D eigenvalue weighted by molar-refractivity contribution is 0.321. The van der Waals surface area contributed by atoms with Crippen LogP contribution < -0.4 is 5.32 Å². The van der Waals surface area contributed by atoms with Crippen molar-refractivity contribution in [2.45, 2.75) is 53.0 Å². The van der Waals surface area contributed by atoms with Crippen LogP contribution in [0, 0.1) is 11.8 Å². The molecule has 0 fully saturated rings. The van der Waals surface area contributed by atoms with Gasteiger partial charge in [-0.05, 0) is 31.1 Å². The maximum Gasteiger partial charge on any atom is 0.124 e. The van der Waals surface area contributed by atoms with E-state index >= 15 is 0 Å².